The second-order valence-corrected chi connectivity index (χ2v) is 33.3. The van der Waals surface area contributed by atoms with Crippen molar-refractivity contribution in [1.82, 2.24) is 54.8 Å². The molecule has 28 heteroatoms. The Morgan fingerprint density at radius 1 is 0.333 bits per heavy atom. The fraction of sp³-hybridized carbons (Fsp3) is 0.495. The molecule has 5 saturated carbocycles. The molecule has 7 fully saturated rings. The van der Waals surface area contributed by atoms with Crippen LogP contribution in [0.15, 0.2) is 177 Å². The van der Waals surface area contributed by atoms with Crippen LogP contribution < -0.4 is 45.5 Å². The number of para-hydroxylation sites is 2. The molecule has 2 saturated heterocycles. The van der Waals surface area contributed by atoms with Gasteiger partial charge in [-0.2, -0.15) is 0 Å². The van der Waals surface area contributed by atoms with Gasteiger partial charge in [0.15, 0.2) is 0 Å². The van der Waals surface area contributed by atoms with E-state index in [9.17, 15) is 25.5 Å². The molecule has 0 atom stereocenters. The van der Waals surface area contributed by atoms with Crippen LogP contribution in [0.2, 0.25) is 0 Å². The van der Waals surface area contributed by atoms with Gasteiger partial charge in [-0.3, -0.25) is 4.98 Å². The van der Waals surface area contributed by atoms with Gasteiger partial charge in [-0.15, -0.1) is 0 Å². The highest BCUT2D eigenvalue weighted by Gasteiger charge is 2.27. The largest absolute Gasteiger partial charge is 0.493 e. The zero-order valence-corrected chi connectivity index (χ0v) is 70.8. The van der Waals surface area contributed by atoms with Crippen LogP contribution in [0.4, 0.5) is 29.7 Å². The molecular formula is C101H138N16O12. The average molecular weight is 1770 g/mol. The van der Waals surface area contributed by atoms with E-state index in [-0.39, 0.29) is 79.9 Å². The number of nitrogens with one attached hydrogen (secondary N) is 5. The van der Waals surface area contributed by atoms with E-state index in [1.807, 2.05) is 152 Å². The van der Waals surface area contributed by atoms with Gasteiger partial charge in [0.05, 0.1) is 91.3 Å². The number of aromatic nitrogens is 11. The van der Waals surface area contributed by atoms with Crippen molar-refractivity contribution in [3.05, 3.63) is 182 Å². The van der Waals surface area contributed by atoms with E-state index in [0.717, 1.165) is 281 Å². The summed E-state index contributed by atoms with van der Waals surface area (Å²) in [4.78, 5) is 49.8. The molecule has 2 aliphatic heterocycles. The predicted octanol–water partition coefficient (Wildman–Crippen LogP) is 19.1. The minimum absolute atomic E-state index is 0. The summed E-state index contributed by atoms with van der Waals surface area (Å²) in [6.45, 7) is 4.79. The summed E-state index contributed by atoms with van der Waals surface area (Å²) >= 11 is 0. The highest BCUT2D eigenvalue weighted by Crippen LogP contribution is 2.34. The van der Waals surface area contributed by atoms with E-state index in [1.165, 1.54) is 0 Å². The Balaban J connectivity index is 0.000000166. The number of ether oxygens (including phenoxy) is 7. The van der Waals surface area contributed by atoms with Crippen molar-refractivity contribution in [2.75, 3.05) is 73.3 Å². The van der Waals surface area contributed by atoms with Gasteiger partial charge in [0, 0.05) is 164 Å². The van der Waals surface area contributed by atoms with E-state index >= 15 is 0 Å². The van der Waals surface area contributed by atoms with Crippen molar-refractivity contribution in [3.63, 3.8) is 0 Å². The number of nitrogens with zero attached hydrogens (tertiary/aromatic N) is 11. The Kier molecular flexibility index (Phi) is 40.0. The number of pyridine rings is 1. The van der Waals surface area contributed by atoms with Crippen LogP contribution in [0, 0.1) is 0 Å². The van der Waals surface area contributed by atoms with Crippen molar-refractivity contribution in [1.29, 1.82) is 0 Å². The summed E-state index contributed by atoms with van der Waals surface area (Å²) in [6.07, 6.45) is 33.1. The smallest absolute Gasteiger partial charge is 0.223 e. The fourth-order valence-corrected chi connectivity index (χ4v) is 16.6. The second-order valence-electron chi connectivity index (χ2n) is 33.3. The molecule has 0 spiro atoms. The molecule has 7 aliphatic rings. The van der Waals surface area contributed by atoms with E-state index in [4.69, 9.17) is 43.1 Å². The standard InChI is InChI=1S/C20H22N4O2.C20H21N3O.2C19H25N3O3.C18H25N3O3.5CH4/c25-17-7-5-15(6-8-17)23-20-22-12-14-4-9-18(11-19(14)24-20)26-13-16-3-1-2-10-21-16;24-17-11-9-16(10-12-17)22-20-21-13-15-7-4-8-18(19(15)23-20)14-5-2-1-3-6-14;23-15-4-2-14(3-5-15)21-19-20-12-13-1-6-17(11-18(13)22-19)25-16-7-9-24-10-8-16;23-15-6-4-14(5-7-15)21-19-20-12-13-2-1-3-17(18(13)22-19)25-16-8-10-24-11-9-16;1-23-9-2-10-24-16-8-3-13-12-19-18(21-17(13)11-16)20-14-4-6-15(22)7-5-14;;;;;/h1-4,9-12,15,17,25H,5-8,13H2,(H,22,23,24);1-8,13,16-17,24H,9-12H2,(H,21,22,23);1,6,11-12,14-16,23H,2-5,7-10H2,(H,20,21,22);1-3,12,14-16,23H,4-11H2,(H,20,21,22);3,8,11-12,14-15,22H,2,4-7,9-10H2,1H3,(H,19,20,21);5*1H4. The Hall–Kier alpha value is -11.0. The molecule has 6 aromatic carbocycles. The lowest BCUT2D eigenvalue weighted by Gasteiger charge is -2.26. The summed E-state index contributed by atoms with van der Waals surface area (Å²) < 4.78 is 39.6. The first-order valence-electron chi connectivity index (χ1n) is 44.6. The third-order valence-corrected chi connectivity index (χ3v) is 23.9. The van der Waals surface area contributed by atoms with Gasteiger partial charge in [-0.05, 0) is 189 Å². The van der Waals surface area contributed by atoms with Crippen molar-refractivity contribution < 1.29 is 58.7 Å². The molecule has 0 unspecified atom stereocenters. The third kappa shape index (κ3) is 30.3. The van der Waals surface area contributed by atoms with Gasteiger partial charge in [0.25, 0.3) is 0 Å². The Morgan fingerprint density at radius 2 is 0.705 bits per heavy atom. The van der Waals surface area contributed by atoms with Crippen LogP contribution in [-0.2, 0) is 20.8 Å². The maximum atomic E-state index is 9.64. The number of aliphatic hydroxyl groups excluding tert-OH is 5. The molecule has 10 N–H and O–H groups in total. The average Bonchev–Trinajstić information content (AvgIpc) is 0.789. The molecule has 694 valence electrons. The molecule has 6 aromatic heterocycles. The van der Waals surface area contributed by atoms with Gasteiger partial charge in [0.1, 0.15) is 47.3 Å². The second kappa shape index (κ2) is 51.4. The van der Waals surface area contributed by atoms with Gasteiger partial charge < -0.3 is 85.3 Å². The van der Waals surface area contributed by atoms with Crippen molar-refractivity contribution in [3.8, 4) is 34.1 Å². The summed E-state index contributed by atoms with van der Waals surface area (Å²) in [5, 5.41) is 70.1. The van der Waals surface area contributed by atoms with E-state index in [2.05, 4.69) is 89.6 Å². The van der Waals surface area contributed by atoms with Gasteiger partial charge >= 0.3 is 0 Å². The summed E-state index contributed by atoms with van der Waals surface area (Å²) in [5.74, 6) is 6.46. The summed E-state index contributed by atoms with van der Waals surface area (Å²) in [7, 11) is 1.69. The number of methoxy groups -OCH3 is 1. The first-order valence-corrected chi connectivity index (χ1v) is 44.6. The normalized spacial score (nSPS) is 21.5. The zero-order chi connectivity index (χ0) is 85.0. The number of rotatable bonds is 23. The van der Waals surface area contributed by atoms with Crippen molar-refractivity contribution in [2.45, 2.75) is 277 Å². The maximum absolute atomic E-state index is 9.64. The predicted molar refractivity (Wildman–Crippen MR) is 516 cm³/mol. The number of hydrogen-bond donors (Lipinski definition) is 10. The van der Waals surface area contributed by atoms with E-state index < -0.39 is 0 Å². The lowest BCUT2D eigenvalue weighted by Crippen LogP contribution is -2.29. The van der Waals surface area contributed by atoms with Crippen LogP contribution >= 0.6 is 0 Å². The molecule has 0 radical (unpaired) electrons. The fourth-order valence-electron chi connectivity index (χ4n) is 16.6. The van der Waals surface area contributed by atoms with Crippen LogP contribution in [-0.4, -0.2) is 200 Å². The molecule has 0 bridgehead atoms. The number of benzene rings is 6. The molecule has 19 rings (SSSR count). The monoisotopic (exact) mass is 1770 g/mol. The summed E-state index contributed by atoms with van der Waals surface area (Å²) in [5.41, 5.74) is 7.59. The van der Waals surface area contributed by atoms with Gasteiger partial charge in [0.2, 0.25) is 29.7 Å². The van der Waals surface area contributed by atoms with Crippen LogP contribution in [0.5, 0.6) is 23.0 Å². The highest BCUT2D eigenvalue weighted by molar-refractivity contribution is 5.94. The van der Waals surface area contributed by atoms with Gasteiger partial charge in [-0.25, -0.2) is 49.8 Å². The molecule has 0 amide bonds. The van der Waals surface area contributed by atoms with E-state index in [0.29, 0.717) is 79.8 Å². The molecular weight excluding hydrogens is 1630 g/mol. The Morgan fingerprint density at radius 3 is 1.13 bits per heavy atom. The van der Waals surface area contributed by atoms with Crippen LogP contribution in [0.3, 0.4) is 0 Å². The maximum Gasteiger partial charge on any atom is 0.223 e. The summed E-state index contributed by atoms with van der Waals surface area (Å²) in [6, 6.07) is 47.5. The molecule has 12 aromatic rings. The quantitative estimate of drug-likeness (QED) is 0.0266. The topological polar surface area (TPSA) is 368 Å². The van der Waals surface area contributed by atoms with Gasteiger partial charge in [-0.1, -0.05) is 104 Å². The van der Waals surface area contributed by atoms with Crippen LogP contribution in [0.1, 0.15) is 203 Å². The number of hydrogen-bond acceptors (Lipinski definition) is 28. The minimum atomic E-state index is -0.163. The SMILES string of the molecule is C.C.C.C.C.COCCCOc1ccc2cnc(NC3CCC(O)CC3)nc2c1.OC1CCC(Nc2ncc3ccc(OC4CCOCC4)cc3n2)CC1.OC1CCC(Nc2ncc3ccc(OCc4ccccn4)cc3n2)CC1.OC1CCC(Nc2ncc3cccc(-c4ccccc4)c3n2)CC1.OC1CCC(Nc2ncc3cccc(OC4CCOCC4)c3n2)CC1. The lowest BCUT2D eigenvalue weighted by molar-refractivity contribution is 0.0255. The molecule has 8 heterocycles. The minimum Gasteiger partial charge on any atom is -0.493 e. The molecule has 129 heavy (non-hydrogen) atoms. The zero-order valence-electron chi connectivity index (χ0n) is 70.8. The Bertz CT molecular complexity index is 5280. The number of fused-ring (bicyclic) bond motifs is 5. The third-order valence-electron chi connectivity index (χ3n) is 23.9. The van der Waals surface area contributed by atoms with Crippen LogP contribution in [0.25, 0.3) is 65.6 Å². The first kappa shape index (κ1) is 100. The lowest BCUT2D eigenvalue weighted by atomic mass is 9.93. The highest BCUT2D eigenvalue weighted by atomic mass is 16.5. The Labute approximate surface area is 760 Å². The first-order chi connectivity index (χ1) is 60.8. The van der Waals surface area contributed by atoms with Crippen molar-refractivity contribution in [2.24, 2.45) is 0 Å². The molecule has 5 aliphatic carbocycles. The van der Waals surface area contributed by atoms with E-state index in [1.54, 1.807) is 13.3 Å². The van der Waals surface area contributed by atoms with Crippen molar-refractivity contribution >= 4 is 84.3 Å². The number of aliphatic hydroxyl groups is 5. The number of anilines is 5. The molecule has 28 nitrogen and oxygen atoms in total.